The molecule has 2 aliphatic carbocycles. The summed E-state index contributed by atoms with van der Waals surface area (Å²) < 4.78 is 11.3. The molecule has 1 saturated heterocycles. The topological polar surface area (TPSA) is 76.0 Å². The molecule has 5 heteroatoms. The van der Waals surface area contributed by atoms with Gasteiger partial charge in [-0.2, -0.15) is 0 Å². The first-order chi connectivity index (χ1) is 15.9. The van der Waals surface area contributed by atoms with Gasteiger partial charge in [0.05, 0.1) is 30.5 Å². The number of benzene rings is 2. The molecule has 3 aliphatic rings. The van der Waals surface area contributed by atoms with Crippen LogP contribution in [-0.2, 0) is 27.7 Å². The fourth-order valence-electron chi connectivity index (χ4n) is 6.88. The van der Waals surface area contributed by atoms with Crippen molar-refractivity contribution in [3.63, 3.8) is 0 Å². The van der Waals surface area contributed by atoms with Crippen LogP contribution in [0.25, 0.3) is 0 Å². The van der Waals surface area contributed by atoms with Gasteiger partial charge in [0.1, 0.15) is 0 Å². The van der Waals surface area contributed by atoms with Crippen molar-refractivity contribution < 1.29 is 24.5 Å². The summed E-state index contributed by atoms with van der Waals surface area (Å²) in [7, 11) is 1.71. The van der Waals surface area contributed by atoms with Gasteiger partial charge in [-0.05, 0) is 79.7 Å². The van der Waals surface area contributed by atoms with Crippen LogP contribution in [0, 0.1) is 11.8 Å². The number of carboxylic acid groups (broad SMARTS) is 1. The van der Waals surface area contributed by atoms with Gasteiger partial charge in [-0.15, -0.1) is 0 Å². The summed E-state index contributed by atoms with van der Waals surface area (Å²) in [6.45, 7) is 1.31. The van der Waals surface area contributed by atoms with Crippen LogP contribution in [-0.4, -0.2) is 48.2 Å². The Morgan fingerprint density at radius 2 is 1.97 bits per heavy atom. The number of rotatable bonds is 6. The molecule has 176 valence electrons. The summed E-state index contributed by atoms with van der Waals surface area (Å²) in [5, 5.41) is 21.5. The number of carbonyl (C=O) groups is 1. The molecule has 1 saturated carbocycles. The summed E-state index contributed by atoms with van der Waals surface area (Å²) >= 11 is 0. The average molecular weight is 451 g/mol. The Bertz CT molecular complexity index is 1000. The van der Waals surface area contributed by atoms with Crippen molar-refractivity contribution in [3.8, 4) is 0 Å². The molecule has 5 nitrogen and oxygen atoms in total. The zero-order valence-electron chi connectivity index (χ0n) is 19.3. The number of aromatic carboxylic acids is 1. The Morgan fingerprint density at radius 1 is 1.18 bits per heavy atom. The fraction of sp³-hybridized carbons (Fsp3) is 0.536. The Balaban J connectivity index is 1.56. The van der Waals surface area contributed by atoms with Crippen LogP contribution in [0.5, 0.6) is 0 Å². The second kappa shape index (κ2) is 8.86. The van der Waals surface area contributed by atoms with Crippen molar-refractivity contribution in [1.29, 1.82) is 0 Å². The molecule has 0 aromatic heterocycles. The van der Waals surface area contributed by atoms with E-state index in [-0.39, 0.29) is 17.4 Å². The van der Waals surface area contributed by atoms with Crippen molar-refractivity contribution in [3.05, 3.63) is 70.8 Å². The average Bonchev–Trinajstić information content (AvgIpc) is 2.93. The predicted octanol–water partition coefficient (Wildman–Crippen LogP) is 4.39. The number of aliphatic hydroxyl groups is 1. The van der Waals surface area contributed by atoms with Crippen LogP contribution in [0.2, 0.25) is 0 Å². The highest BCUT2D eigenvalue weighted by Crippen LogP contribution is 2.55. The molecule has 2 aromatic carbocycles. The molecule has 0 amide bonds. The van der Waals surface area contributed by atoms with Crippen molar-refractivity contribution >= 4 is 5.97 Å². The predicted molar refractivity (Wildman–Crippen MR) is 126 cm³/mol. The van der Waals surface area contributed by atoms with Crippen LogP contribution < -0.4 is 0 Å². The van der Waals surface area contributed by atoms with Gasteiger partial charge in [0.2, 0.25) is 0 Å². The number of fused-ring (bicyclic) bond motifs is 3. The summed E-state index contributed by atoms with van der Waals surface area (Å²) in [4.78, 5) is 11.7. The van der Waals surface area contributed by atoms with Crippen LogP contribution >= 0.6 is 0 Å². The molecule has 4 atom stereocenters. The molecule has 1 heterocycles. The Labute approximate surface area is 195 Å². The monoisotopic (exact) mass is 450 g/mol. The van der Waals surface area contributed by atoms with Gasteiger partial charge in [-0.3, -0.25) is 0 Å². The first-order valence-corrected chi connectivity index (χ1v) is 12.2. The molecule has 5 rings (SSSR count). The third-order valence-corrected chi connectivity index (χ3v) is 8.51. The summed E-state index contributed by atoms with van der Waals surface area (Å²) in [6.07, 6.45) is 5.82. The normalized spacial score (nSPS) is 30.4. The molecule has 0 bridgehead atoms. The SMILES string of the molecule is COC(C1COC1)[C@@]1(O)CC[C@@]2(Cc3ccccc3)c3ccc(C(=O)O)cc3CCC[C@H]2C1. The van der Waals surface area contributed by atoms with Gasteiger partial charge in [-0.1, -0.05) is 36.4 Å². The van der Waals surface area contributed by atoms with Gasteiger partial charge in [0, 0.05) is 18.4 Å². The van der Waals surface area contributed by atoms with E-state index >= 15 is 0 Å². The number of ether oxygens (including phenoxy) is 2. The van der Waals surface area contributed by atoms with E-state index in [0.29, 0.717) is 37.5 Å². The maximum absolute atomic E-state index is 11.9. The third-order valence-electron chi connectivity index (χ3n) is 8.51. The van der Waals surface area contributed by atoms with E-state index in [1.54, 1.807) is 13.2 Å². The number of hydrogen-bond acceptors (Lipinski definition) is 4. The molecule has 0 spiro atoms. The van der Waals surface area contributed by atoms with Crippen molar-refractivity contribution in [1.82, 2.24) is 0 Å². The Morgan fingerprint density at radius 3 is 2.64 bits per heavy atom. The molecular formula is C28H34O5. The zero-order valence-corrected chi connectivity index (χ0v) is 19.3. The number of carboxylic acids is 1. The van der Waals surface area contributed by atoms with E-state index in [0.717, 1.165) is 37.7 Å². The van der Waals surface area contributed by atoms with Gasteiger partial charge in [-0.25, -0.2) is 4.79 Å². The standard InChI is InChI=1S/C28H34O5/c1-32-25(22-17-33-18-22)28(31)13-12-27(15-19-6-3-2-4-7-19)23(16-28)9-5-8-20-14-21(26(29)30)10-11-24(20)27/h2-4,6-7,10-11,14,22-23,25,31H,5,8-9,12-13,15-18H2,1H3,(H,29,30)/t23-,25?,27-,28+/m0/s1. The minimum atomic E-state index is -0.876. The van der Waals surface area contributed by atoms with E-state index in [9.17, 15) is 15.0 Å². The Hall–Kier alpha value is -2.21. The zero-order chi connectivity index (χ0) is 23.1. The quantitative estimate of drug-likeness (QED) is 0.683. The number of aryl methyl sites for hydroxylation is 1. The van der Waals surface area contributed by atoms with Gasteiger partial charge < -0.3 is 19.7 Å². The Kier molecular flexibility index (Phi) is 6.06. The maximum Gasteiger partial charge on any atom is 0.335 e. The van der Waals surface area contributed by atoms with Crippen LogP contribution in [0.15, 0.2) is 48.5 Å². The largest absolute Gasteiger partial charge is 0.478 e. The molecule has 0 radical (unpaired) electrons. The minimum absolute atomic E-state index is 0.120. The maximum atomic E-state index is 11.9. The molecule has 1 aliphatic heterocycles. The van der Waals surface area contributed by atoms with E-state index in [1.165, 1.54) is 11.1 Å². The highest BCUT2D eigenvalue weighted by Gasteiger charge is 2.55. The van der Waals surface area contributed by atoms with Crippen LogP contribution in [0.4, 0.5) is 0 Å². The van der Waals surface area contributed by atoms with E-state index < -0.39 is 11.6 Å². The third kappa shape index (κ3) is 4.01. The molecule has 2 N–H and O–H groups in total. The lowest BCUT2D eigenvalue weighted by molar-refractivity contribution is -0.199. The fourth-order valence-corrected chi connectivity index (χ4v) is 6.88. The van der Waals surface area contributed by atoms with Gasteiger partial charge >= 0.3 is 5.97 Å². The smallest absolute Gasteiger partial charge is 0.335 e. The van der Waals surface area contributed by atoms with Crippen molar-refractivity contribution in [2.24, 2.45) is 11.8 Å². The number of methoxy groups -OCH3 is 1. The molecule has 2 aromatic rings. The van der Waals surface area contributed by atoms with Crippen molar-refractivity contribution in [2.75, 3.05) is 20.3 Å². The second-order valence-corrected chi connectivity index (χ2v) is 10.3. The lowest BCUT2D eigenvalue weighted by Gasteiger charge is -2.54. The molecule has 1 unspecified atom stereocenters. The van der Waals surface area contributed by atoms with E-state index in [2.05, 4.69) is 30.3 Å². The minimum Gasteiger partial charge on any atom is -0.478 e. The first kappa shape index (κ1) is 22.6. The van der Waals surface area contributed by atoms with Crippen molar-refractivity contribution in [2.45, 2.75) is 62.1 Å². The first-order valence-electron chi connectivity index (χ1n) is 12.2. The van der Waals surface area contributed by atoms with Crippen LogP contribution in [0.1, 0.15) is 59.2 Å². The highest BCUT2D eigenvalue weighted by molar-refractivity contribution is 5.88. The van der Waals surface area contributed by atoms with Crippen LogP contribution in [0.3, 0.4) is 0 Å². The summed E-state index contributed by atoms with van der Waals surface area (Å²) in [5.41, 5.74) is 3.11. The highest BCUT2D eigenvalue weighted by atomic mass is 16.5. The molecule has 33 heavy (non-hydrogen) atoms. The molecular weight excluding hydrogens is 416 g/mol. The van der Waals surface area contributed by atoms with E-state index in [4.69, 9.17) is 9.47 Å². The summed E-state index contributed by atoms with van der Waals surface area (Å²) in [6, 6.07) is 16.3. The summed E-state index contributed by atoms with van der Waals surface area (Å²) in [5.74, 6) is -0.329. The van der Waals surface area contributed by atoms with Gasteiger partial charge in [0.25, 0.3) is 0 Å². The lowest BCUT2D eigenvalue weighted by Crippen LogP contribution is -2.59. The lowest BCUT2D eigenvalue weighted by atomic mass is 9.54. The van der Waals surface area contributed by atoms with Gasteiger partial charge in [0.15, 0.2) is 0 Å². The van der Waals surface area contributed by atoms with E-state index in [1.807, 2.05) is 12.1 Å². The second-order valence-electron chi connectivity index (χ2n) is 10.3. The molecule has 2 fully saturated rings. The number of hydrogen-bond donors (Lipinski definition) is 2.